The van der Waals surface area contributed by atoms with Gasteiger partial charge in [-0.1, -0.05) is 13.8 Å². The van der Waals surface area contributed by atoms with Crippen LogP contribution < -0.4 is 0 Å². The highest BCUT2D eigenvalue weighted by atomic mass is 32.1. The lowest BCUT2D eigenvalue weighted by Gasteiger charge is -2.32. The minimum Gasteiger partial charge on any atom is -0.454 e. The quantitative estimate of drug-likeness (QED) is 0.715. The van der Waals surface area contributed by atoms with E-state index >= 15 is 0 Å². The molecule has 0 N–H and O–H groups in total. The largest absolute Gasteiger partial charge is 0.454 e. The molecule has 0 aromatic carbocycles. The zero-order chi connectivity index (χ0) is 15.7. The number of fused-ring (bicyclic) bond motifs is 2. The lowest BCUT2D eigenvalue weighted by atomic mass is 9.94. The van der Waals surface area contributed by atoms with Gasteiger partial charge in [-0.05, 0) is 31.4 Å². The summed E-state index contributed by atoms with van der Waals surface area (Å²) in [5.41, 5.74) is 0.637. The predicted molar refractivity (Wildman–Crippen MR) is 86.2 cm³/mol. The molecular formula is C15H19N3O3S. The van der Waals surface area contributed by atoms with E-state index in [1.807, 2.05) is 0 Å². The maximum absolute atomic E-state index is 12.7. The van der Waals surface area contributed by atoms with Gasteiger partial charge in [-0.25, -0.2) is 4.99 Å². The van der Waals surface area contributed by atoms with Crippen LogP contribution in [0.4, 0.5) is 0 Å². The van der Waals surface area contributed by atoms with Gasteiger partial charge < -0.3 is 14.4 Å². The fraction of sp³-hybridized carbons (Fsp3) is 0.533. The Morgan fingerprint density at radius 2 is 2.09 bits per heavy atom. The van der Waals surface area contributed by atoms with Gasteiger partial charge >= 0.3 is 0 Å². The Morgan fingerprint density at radius 1 is 1.36 bits per heavy atom. The number of hydrogen-bond acceptors (Lipinski definition) is 5. The molecule has 0 aromatic heterocycles. The van der Waals surface area contributed by atoms with Crippen molar-refractivity contribution in [1.82, 2.24) is 9.80 Å². The van der Waals surface area contributed by atoms with Crippen LogP contribution in [0.5, 0.6) is 0 Å². The first-order valence-electron chi connectivity index (χ1n) is 7.49. The molecule has 0 aromatic rings. The summed E-state index contributed by atoms with van der Waals surface area (Å²) in [7, 11) is 0. The van der Waals surface area contributed by atoms with Gasteiger partial charge in [0.15, 0.2) is 11.5 Å². The van der Waals surface area contributed by atoms with E-state index in [1.54, 1.807) is 17.1 Å². The van der Waals surface area contributed by atoms with Crippen LogP contribution in [0.2, 0.25) is 0 Å². The second-order valence-electron chi connectivity index (χ2n) is 5.26. The van der Waals surface area contributed by atoms with Gasteiger partial charge in [-0.15, -0.1) is 0 Å². The SMILES string of the molecule is CCN(CC)CCN1C(=O)C2C=C3OCOC3=CC2=NC1=S. The van der Waals surface area contributed by atoms with Crippen molar-refractivity contribution in [3.05, 3.63) is 23.7 Å². The highest BCUT2D eigenvalue weighted by molar-refractivity contribution is 7.80. The third-order valence-corrected chi connectivity index (χ3v) is 4.42. The number of nitrogens with zero attached hydrogens (tertiary/aromatic N) is 3. The molecular weight excluding hydrogens is 302 g/mol. The van der Waals surface area contributed by atoms with Crippen molar-refractivity contribution in [3.63, 3.8) is 0 Å². The van der Waals surface area contributed by atoms with E-state index in [0.717, 1.165) is 19.6 Å². The summed E-state index contributed by atoms with van der Waals surface area (Å²) < 4.78 is 10.7. The van der Waals surface area contributed by atoms with Crippen molar-refractivity contribution in [1.29, 1.82) is 0 Å². The summed E-state index contributed by atoms with van der Waals surface area (Å²) in [6.45, 7) is 7.63. The Hall–Kier alpha value is -1.73. The molecule has 22 heavy (non-hydrogen) atoms. The zero-order valence-corrected chi connectivity index (χ0v) is 13.6. The number of aliphatic imine (C=N–C) groups is 1. The topological polar surface area (TPSA) is 54.4 Å². The molecule has 3 rings (SSSR count). The molecule has 2 heterocycles. The van der Waals surface area contributed by atoms with E-state index in [-0.39, 0.29) is 12.7 Å². The Morgan fingerprint density at radius 3 is 2.82 bits per heavy atom. The summed E-state index contributed by atoms with van der Waals surface area (Å²) in [6, 6.07) is 0. The molecule has 6 nitrogen and oxygen atoms in total. The molecule has 0 radical (unpaired) electrons. The van der Waals surface area contributed by atoms with Crippen LogP contribution in [0.1, 0.15) is 13.8 Å². The van der Waals surface area contributed by atoms with E-state index in [1.165, 1.54) is 0 Å². The minimum absolute atomic E-state index is 0.0412. The third-order valence-electron chi connectivity index (χ3n) is 4.11. The first-order chi connectivity index (χ1) is 10.6. The molecule has 1 aliphatic carbocycles. The molecule has 1 fully saturated rings. The first-order valence-corrected chi connectivity index (χ1v) is 7.90. The van der Waals surface area contributed by atoms with Crippen molar-refractivity contribution in [2.24, 2.45) is 10.9 Å². The fourth-order valence-electron chi connectivity index (χ4n) is 2.72. The summed E-state index contributed by atoms with van der Waals surface area (Å²) in [5, 5.41) is 0.330. The van der Waals surface area contributed by atoms with Crippen molar-refractivity contribution in [2.45, 2.75) is 13.8 Å². The monoisotopic (exact) mass is 321 g/mol. The Balaban J connectivity index is 1.78. The molecule has 3 aliphatic rings. The minimum atomic E-state index is -0.427. The standard InChI is InChI=1S/C15H19N3O3S/c1-3-17(4-2)5-6-18-14(19)10-7-12-13(21-9-20-12)8-11(10)16-15(18)22/h7-8,10H,3-6,9H2,1-2H3. The number of amides is 1. The van der Waals surface area contributed by atoms with Crippen LogP contribution in [0.3, 0.4) is 0 Å². The van der Waals surface area contributed by atoms with Gasteiger partial charge in [0, 0.05) is 19.2 Å². The molecule has 0 bridgehead atoms. The predicted octanol–water partition coefficient (Wildman–Crippen LogP) is 1.30. The van der Waals surface area contributed by atoms with E-state index in [9.17, 15) is 4.79 Å². The molecule has 0 spiro atoms. The van der Waals surface area contributed by atoms with Gasteiger partial charge in [0.25, 0.3) is 0 Å². The summed E-state index contributed by atoms with van der Waals surface area (Å²) in [5.74, 6) is 0.778. The number of rotatable bonds is 5. The van der Waals surface area contributed by atoms with Gasteiger partial charge in [0.05, 0.1) is 5.71 Å². The molecule has 1 atom stereocenters. The molecule has 7 heteroatoms. The van der Waals surface area contributed by atoms with Crippen molar-refractivity contribution in [2.75, 3.05) is 33.0 Å². The summed E-state index contributed by atoms with van der Waals surface area (Å²) in [6.07, 6.45) is 3.52. The lowest BCUT2D eigenvalue weighted by molar-refractivity contribution is -0.128. The van der Waals surface area contributed by atoms with Gasteiger partial charge in [0.2, 0.25) is 17.8 Å². The van der Waals surface area contributed by atoms with Gasteiger partial charge in [-0.2, -0.15) is 0 Å². The van der Waals surface area contributed by atoms with E-state index in [0.29, 0.717) is 28.9 Å². The molecule has 1 unspecified atom stereocenters. The smallest absolute Gasteiger partial charge is 0.241 e. The van der Waals surface area contributed by atoms with Crippen LogP contribution in [-0.4, -0.2) is 59.5 Å². The summed E-state index contributed by atoms with van der Waals surface area (Å²) in [4.78, 5) is 21.0. The number of carbonyl (C=O) groups excluding carboxylic acids is 1. The average molecular weight is 321 g/mol. The zero-order valence-electron chi connectivity index (χ0n) is 12.7. The Labute approximate surface area is 135 Å². The maximum Gasteiger partial charge on any atom is 0.241 e. The van der Waals surface area contributed by atoms with Crippen LogP contribution in [0, 0.1) is 5.92 Å². The Kier molecular flexibility index (Phi) is 4.26. The molecule has 118 valence electrons. The van der Waals surface area contributed by atoms with Crippen LogP contribution in [-0.2, 0) is 14.3 Å². The highest BCUT2D eigenvalue weighted by Crippen LogP contribution is 2.31. The number of allylic oxidation sites excluding steroid dienone is 1. The van der Waals surface area contributed by atoms with Crippen molar-refractivity contribution in [3.8, 4) is 0 Å². The fourth-order valence-corrected chi connectivity index (χ4v) is 3.01. The molecule has 1 amide bonds. The average Bonchev–Trinajstić information content (AvgIpc) is 2.96. The van der Waals surface area contributed by atoms with Crippen LogP contribution >= 0.6 is 12.2 Å². The number of thiocarbonyl (C=S) groups is 1. The normalized spacial score (nSPS) is 23.3. The molecule has 0 saturated carbocycles. The Bertz CT molecular complexity index is 593. The van der Waals surface area contributed by atoms with Crippen LogP contribution in [0.25, 0.3) is 0 Å². The third kappa shape index (κ3) is 2.66. The highest BCUT2D eigenvalue weighted by Gasteiger charge is 2.38. The summed E-state index contributed by atoms with van der Waals surface area (Å²) >= 11 is 5.29. The van der Waals surface area contributed by atoms with E-state index < -0.39 is 5.92 Å². The second kappa shape index (κ2) is 6.18. The number of likely N-dealkylation sites (N-methyl/N-ethyl adjacent to an activating group) is 1. The second-order valence-corrected chi connectivity index (χ2v) is 5.62. The van der Waals surface area contributed by atoms with Crippen LogP contribution in [0.15, 0.2) is 28.7 Å². The number of carbonyl (C=O) groups is 1. The lowest BCUT2D eigenvalue weighted by Crippen LogP contribution is -2.49. The first kappa shape index (κ1) is 15.2. The maximum atomic E-state index is 12.7. The molecule has 1 saturated heterocycles. The van der Waals surface area contributed by atoms with Crippen molar-refractivity contribution >= 4 is 28.9 Å². The van der Waals surface area contributed by atoms with E-state index in [4.69, 9.17) is 21.7 Å². The van der Waals surface area contributed by atoms with Gasteiger partial charge in [-0.3, -0.25) is 9.69 Å². The van der Waals surface area contributed by atoms with Crippen molar-refractivity contribution < 1.29 is 14.3 Å². The molecule has 2 aliphatic heterocycles. The number of ether oxygens (including phenoxy) is 2. The van der Waals surface area contributed by atoms with E-state index in [2.05, 4.69) is 23.7 Å². The number of hydrogen-bond donors (Lipinski definition) is 0. The van der Waals surface area contributed by atoms with Gasteiger partial charge in [0.1, 0.15) is 5.92 Å².